The molecule has 0 saturated carbocycles. The topological polar surface area (TPSA) is 29.0 Å². The maximum atomic E-state index is 7.94. The molecule has 0 N–H and O–H groups in total. The highest BCUT2D eigenvalue weighted by Gasteiger charge is 2.12. The Morgan fingerprint density at radius 2 is 1.85 bits per heavy atom. The predicted molar refractivity (Wildman–Crippen MR) is 55.8 cm³/mol. The molecule has 0 bridgehead atoms. The van der Waals surface area contributed by atoms with Crippen LogP contribution in [0.4, 0.5) is 5.95 Å². The molecular formula is C9H12BrN3. The monoisotopic (exact) mass is 251 g/mol. The summed E-state index contributed by atoms with van der Waals surface area (Å²) in [5.41, 5.74) is 0. The third-order valence-electron chi connectivity index (χ3n) is 1.27. The van der Waals surface area contributed by atoms with Gasteiger partial charge in [-0.1, -0.05) is 0 Å². The van der Waals surface area contributed by atoms with Crippen LogP contribution in [0.2, 0.25) is 0 Å². The Kier molecular flexibility index (Phi) is 0.910. The van der Waals surface area contributed by atoms with Gasteiger partial charge in [0.25, 0.3) is 0 Å². The van der Waals surface area contributed by atoms with Crippen molar-refractivity contribution in [2.24, 2.45) is 0 Å². The van der Waals surface area contributed by atoms with Crippen molar-refractivity contribution in [1.29, 1.82) is 0 Å². The molecular weight excluding hydrogens is 230 g/mol. The van der Waals surface area contributed by atoms with E-state index in [9.17, 15) is 0 Å². The Labute approximate surface area is 100 Å². The second kappa shape index (κ2) is 4.05. The third kappa shape index (κ3) is 2.18. The lowest BCUT2D eigenvalue weighted by atomic mass is 10.1. The van der Waals surface area contributed by atoms with Gasteiger partial charge in [0.2, 0.25) is 5.95 Å². The largest absolute Gasteiger partial charge is 0.341 e. The molecule has 1 aromatic heterocycles. The molecule has 1 aliphatic rings. The molecule has 2 heterocycles. The second-order valence-corrected chi connectivity index (χ2v) is 3.05. The molecule has 0 aliphatic carbocycles. The Balaban J connectivity index is 2.77. The molecule has 1 fully saturated rings. The minimum atomic E-state index is -3.45. The smallest absolute Gasteiger partial charge is 0.225 e. The van der Waals surface area contributed by atoms with Gasteiger partial charge >= 0.3 is 0 Å². The highest BCUT2D eigenvalue weighted by molar-refractivity contribution is 9.10. The van der Waals surface area contributed by atoms with Crippen molar-refractivity contribution < 1.29 is 13.7 Å². The molecule has 2 rings (SSSR count). The minimum absolute atomic E-state index is 0.119. The maximum Gasteiger partial charge on any atom is 0.225 e. The fourth-order valence-electron chi connectivity index (χ4n) is 0.748. The van der Waals surface area contributed by atoms with Gasteiger partial charge in [-0.05, 0) is 35.0 Å². The van der Waals surface area contributed by atoms with Gasteiger partial charge in [-0.25, -0.2) is 9.97 Å². The van der Waals surface area contributed by atoms with E-state index in [1.54, 1.807) is 0 Å². The Morgan fingerprint density at radius 3 is 2.46 bits per heavy atom. The van der Waals surface area contributed by atoms with Gasteiger partial charge in [-0.3, -0.25) is 0 Å². The zero-order valence-corrected chi connectivity index (χ0v) is 7.96. The van der Waals surface area contributed by atoms with Crippen LogP contribution in [-0.4, -0.2) is 23.0 Å². The average molecular weight is 252 g/mol. The molecule has 0 aromatic carbocycles. The molecule has 70 valence electrons. The number of hydrogen-bond donors (Lipinski definition) is 0. The van der Waals surface area contributed by atoms with E-state index in [4.69, 9.17) is 13.7 Å². The fourth-order valence-corrected chi connectivity index (χ4v) is 0.953. The molecule has 0 spiro atoms. The van der Waals surface area contributed by atoms with Crippen molar-refractivity contribution in [2.75, 3.05) is 17.9 Å². The number of aromatic nitrogens is 2. The lowest BCUT2D eigenvalue weighted by Crippen LogP contribution is -2.30. The van der Waals surface area contributed by atoms with Crippen molar-refractivity contribution in [3.63, 3.8) is 0 Å². The van der Waals surface area contributed by atoms with Gasteiger partial charge in [-0.2, -0.15) is 0 Å². The van der Waals surface area contributed by atoms with Gasteiger partial charge in [0.05, 0.1) is 4.47 Å². The number of nitrogens with zero attached hydrogens (tertiary/aromatic N) is 3. The third-order valence-corrected chi connectivity index (χ3v) is 1.68. The van der Waals surface area contributed by atoms with E-state index in [1.165, 1.54) is 12.4 Å². The van der Waals surface area contributed by atoms with Crippen molar-refractivity contribution in [3.05, 3.63) is 16.9 Å². The van der Waals surface area contributed by atoms with E-state index in [0.717, 1.165) is 0 Å². The minimum Gasteiger partial charge on any atom is -0.341 e. The number of anilines is 1. The van der Waals surface area contributed by atoms with E-state index < -0.39 is 38.1 Å². The van der Waals surface area contributed by atoms with Gasteiger partial charge in [0.15, 0.2) is 0 Å². The highest BCUT2D eigenvalue weighted by Crippen LogP contribution is 2.16. The van der Waals surface area contributed by atoms with Crippen LogP contribution in [0.5, 0.6) is 0 Å². The van der Waals surface area contributed by atoms with E-state index in [2.05, 4.69) is 25.9 Å². The van der Waals surface area contributed by atoms with Crippen LogP contribution in [0.3, 0.4) is 0 Å². The standard InChI is InChI=1S/C9H12BrN3/c10-8-6-11-9(12-7-8)13-4-2-1-3-5-13/h6-7H,1-5H2/i1D2,2D2,3D2,4D2,5D2. The zero-order chi connectivity index (χ0) is 18.1. The quantitative estimate of drug-likeness (QED) is 0.767. The van der Waals surface area contributed by atoms with Crippen LogP contribution < -0.4 is 4.90 Å². The summed E-state index contributed by atoms with van der Waals surface area (Å²) < 4.78 is 78.7. The lowest BCUT2D eigenvalue weighted by Gasteiger charge is -2.26. The van der Waals surface area contributed by atoms with Crippen molar-refractivity contribution in [2.45, 2.75) is 19.1 Å². The van der Waals surface area contributed by atoms with E-state index in [1.807, 2.05) is 0 Å². The summed E-state index contributed by atoms with van der Waals surface area (Å²) in [6, 6.07) is 0. The first-order chi connectivity index (χ1) is 10.1. The normalized spacial score (nSPS) is 48.2. The molecule has 1 saturated heterocycles. The summed E-state index contributed by atoms with van der Waals surface area (Å²) in [4.78, 5) is 7.53. The maximum absolute atomic E-state index is 7.94. The average Bonchev–Trinajstić information content (AvgIpc) is 2.39. The van der Waals surface area contributed by atoms with Gasteiger partial charge in [-0.15, -0.1) is 0 Å². The number of piperidine rings is 1. The second-order valence-electron chi connectivity index (χ2n) is 2.14. The van der Waals surface area contributed by atoms with E-state index in [0.29, 0.717) is 4.47 Å². The molecule has 0 unspecified atom stereocenters. The Hall–Kier alpha value is -0.640. The number of hydrogen-bond acceptors (Lipinski definition) is 3. The summed E-state index contributed by atoms with van der Waals surface area (Å²) >= 11 is 3.05. The first-order valence-electron chi connectivity index (χ1n) is 8.40. The first kappa shape index (κ1) is 2.92. The van der Waals surface area contributed by atoms with Gasteiger partial charge in [0, 0.05) is 39.1 Å². The van der Waals surface area contributed by atoms with Crippen LogP contribution in [-0.2, 0) is 0 Å². The first-order valence-corrected chi connectivity index (χ1v) is 4.19. The van der Waals surface area contributed by atoms with Crippen molar-refractivity contribution in [3.8, 4) is 0 Å². The Bertz CT molecular complexity index is 587. The van der Waals surface area contributed by atoms with Crippen molar-refractivity contribution >= 4 is 21.9 Å². The fraction of sp³-hybridized carbons (Fsp3) is 0.556. The van der Waals surface area contributed by atoms with E-state index in [-0.39, 0.29) is 4.90 Å². The SMILES string of the molecule is [2H]C1([2H])N(c2ncc(Br)cn2)C([2H])([2H])C([2H])([2H])C([2H])([2H])C1([2H])[2H]. The summed E-state index contributed by atoms with van der Waals surface area (Å²) in [6.45, 7) is -6.50. The van der Waals surface area contributed by atoms with Crippen LogP contribution in [0.25, 0.3) is 0 Å². The highest BCUT2D eigenvalue weighted by atomic mass is 79.9. The van der Waals surface area contributed by atoms with Crippen LogP contribution >= 0.6 is 15.9 Å². The van der Waals surface area contributed by atoms with Crippen LogP contribution in [0, 0.1) is 0 Å². The summed E-state index contributed by atoms with van der Waals surface area (Å²) in [5, 5.41) is 0. The number of halogens is 1. The molecule has 1 aliphatic heterocycles. The molecule has 3 nitrogen and oxygen atoms in total. The van der Waals surface area contributed by atoms with Gasteiger partial charge < -0.3 is 4.90 Å². The molecule has 1 aromatic rings. The zero-order valence-electron chi connectivity index (χ0n) is 16.4. The summed E-state index contributed by atoms with van der Waals surface area (Å²) in [7, 11) is 0. The molecule has 4 heteroatoms. The molecule has 0 amide bonds. The Morgan fingerprint density at radius 1 is 1.23 bits per heavy atom. The van der Waals surface area contributed by atoms with Crippen molar-refractivity contribution in [1.82, 2.24) is 9.97 Å². The molecule has 0 radical (unpaired) electrons. The predicted octanol–water partition coefficient (Wildman–Crippen LogP) is 2.23. The lowest BCUT2D eigenvalue weighted by molar-refractivity contribution is 0.568. The summed E-state index contributed by atoms with van der Waals surface area (Å²) in [5.74, 6) is -0.591. The van der Waals surface area contributed by atoms with E-state index >= 15 is 0 Å². The molecule has 0 atom stereocenters. The van der Waals surface area contributed by atoms with Crippen LogP contribution in [0.15, 0.2) is 16.9 Å². The van der Waals surface area contributed by atoms with Gasteiger partial charge in [0.1, 0.15) is 0 Å². The van der Waals surface area contributed by atoms with Crippen LogP contribution in [0.1, 0.15) is 32.8 Å². The summed E-state index contributed by atoms with van der Waals surface area (Å²) in [6.07, 6.45) is -7.87. The molecule has 13 heavy (non-hydrogen) atoms. The number of rotatable bonds is 1.